The molecular weight excluding hydrogens is 350 g/mol. The predicted molar refractivity (Wildman–Crippen MR) is 110 cm³/mol. The van der Waals surface area contributed by atoms with Crippen LogP contribution < -0.4 is 10.2 Å². The summed E-state index contributed by atoms with van der Waals surface area (Å²) in [6.45, 7) is 4.81. The van der Waals surface area contributed by atoms with Crippen LogP contribution in [0.5, 0.6) is 5.75 Å². The zero-order valence-corrected chi connectivity index (χ0v) is 16.8. The van der Waals surface area contributed by atoms with Crippen LogP contribution in [0.15, 0.2) is 24.3 Å². The Labute approximate surface area is 168 Å². The number of piperazine rings is 1. The van der Waals surface area contributed by atoms with Crippen LogP contribution in [0, 0.1) is 23.2 Å². The molecule has 0 radical (unpaired) electrons. The van der Waals surface area contributed by atoms with E-state index in [-0.39, 0.29) is 5.91 Å². The van der Waals surface area contributed by atoms with Gasteiger partial charge in [-0.2, -0.15) is 0 Å². The highest BCUT2D eigenvalue weighted by atomic mass is 16.3. The molecule has 5 nitrogen and oxygen atoms in total. The lowest BCUT2D eigenvalue weighted by Gasteiger charge is -2.57. The molecule has 152 valence electrons. The van der Waals surface area contributed by atoms with Gasteiger partial charge in [0.15, 0.2) is 0 Å². The van der Waals surface area contributed by atoms with Crippen LogP contribution in [0.4, 0.5) is 5.69 Å². The van der Waals surface area contributed by atoms with E-state index in [9.17, 15) is 9.90 Å². The average molecular weight is 384 g/mol. The maximum absolute atomic E-state index is 12.6. The van der Waals surface area contributed by atoms with Gasteiger partial charge < -0.3 is 15.3 Å². The fourth-order valence-electron chi connectivity index (χ4n) is 6.93. The molecule has 1 aliphatic heterocycles. The molecule has 0 unspecified atom stereocenters. The summed E-state index contributed by atoms with van der Waals surface area (Å²) in [6.07, 6.45) is 8.40. The molecule has 4 aliphatic carbocycles. The number of nitrogens with one attached hydrogen (secondary N) is 1. The number of carbonyl (C=O) groups excluding carboxylic acids is 1. The lowest BCUT2D eigenvalue weighted by atomic mass is 9.49. The SMILES string of the molecule is O=C(CN1CCN(c2ccccc2O)CC1)NCC12CC3CC(CC(C3)C1)C2. The monoisotopic (exact) mass is 383 g/mol. The summed E-state index contributed by atoms with van der Waals surface area (Å²) in [5, 5.41) is 13.3. The van der Waals surface area contributed by atoms with E-state index in [0.717, 1.165) is 56.2 Å². The molecule has 5 fully saturated rings. The third-order valence-corrected chi connectivity index (χ3v) is 7.79. The highest BCUT2D eigenvalue weighted by Crippen LogP contribution is 2.59. The minimum atomic E-state index is 0.187. The van der Waals surface area contributed by atoms with Gasteiger partial charge in [-0.15, -0.1) is 0 Å². The molecule has 4 saturated carbocycles. The molecule has 5 heteroatoms. The van der Waals surface area contributed by atoms with Gasteiger partial charge in [0.05, 0.1) is 12.2 Å². The Morgan fingerprint density at radius 2 is 1.61 bits per heavy atom. The standard InChI is InChI=1S/C23H33N3O2/c27-21-4-2-1-3-20(21)26-7-5-25(6-8-26)15-22(28)24-16-23-12-17-9-18(13-23)11-19(10-17)14-23/h1-4,17-19,27H,5-16H2,(H,24,28). The van der Waals surface area contributed by atoms with Gasteiger partial charge in [0, 0.05) is 32.7 Å². The Kier molecular flexibility index (Phi) is 4.74. The minimum Gasteiger partial charge on any atom is -0.506 e. The van der Waals surface area contributed by atoms with Crippen molar-refractivity contribution < 1.29 is 9.90 Å². The number of anilines is 1. The lowest BCUT2D eigenvalue weighted by molar-refractivity contribution is -0.124. The van der Waals surface area contributed by atoms with E-state index in [1.165, 1.54) is 38.5 Å². The summed E-state index contributed by atoms with van der Waals surface area (Å²) in [6, 6.07) is 7.51. The van der Waals surface area contributed by atoms with E-state index in [1.54, 1.807) is 6.07 Å². The summed E-state index contributed by atoms with van der Waals surface area (Å²) in [5.41, 5.74) is 1.31. The molecule has 0 aromatic heterocycles. The Morgan fingerprint density at radius 3 is 2.21 bits per heavy atom. The molecule has 1 saturated heterocycles. The zero-order valence-electron chi connectivity index (χ0n) is 16.8. The van der Waals surface area contributed by atoms with Crippen molar-refractivity contribution in [2.45, 2.75) is 38.5 Å². The molecule has 1 amide bonds. The quantitative estimate of drug-likeness (QED) is 0.821. The molecule has 5 aliphatic rings. The number of phenolic OH excluding ortho intramolecular Hbond substituents is 1. The van der Waals surface area contributed by atoms with Gasteiger partial charge in [0.25, 0.3) is 0 Å². The highest BCUT2D eigenvalue weighted by Gasteiger charge is 2.50. The molecule has 2 N–H and O–H groups in total. The van der Waals surface area contributed by atoms with Gasteiger partial charge in [0.1, 0.15) is 5.75 Å². The third kappa shape index (κ3) is 3.61. The van der Waals surface area contributed by atoms with Crippen LogP contribution >= 0.6 is 0 Å². The van der Waals surface area contributed by atoms with Crippen LogP contribution in [-0.4, -0.2) is 55.2 Å². The molecule has 0 atom stereocenters. The summed E-state index contributed by atoms with van der Waals surface area (Å²) in [7, 11) is 0. The van der Waals surface area contributed by atoms with Crippen molar-refractivity contribution in [3.63, 3.8) is 0 Å². The van der Waals surface area contributed by atoms with Gasteiger partial charge in [0.2, 0.25) is 5.91 Å². The summed E-state index contributed by atoms with van der Waals surface area (Å²) >= 11 is 0. The molecular formula is C23H33N3O2. The predicted octanol–water partition coefficient (Wildman–Crippen LogP) is 2.85. The largest absolute Gasteiger partial charge is 0.506 e. The first-order valence-electron chi connectivity index (χ1n) is 11.1. The van der Waals surface area contributed by atoms with Crippen molar-refractivity contribution in [2.75, 3.05) is 44.2 Å². The van der Waals surface area contributed by atoms with Gasteiger partial charge in [-0.1, -0.05) is 12.1 Å². The Hall–Kier alpha value is -1.75. The molecule has 0 spiro atoms. The van der Waals surface area contributed by atoms with Gasteiger partial charge >= 0.3 is 0 Å². The van der Waals surface area contributed by atoms with Gasteiger partial charge in [-0.05, 0) is 73.8 Å². The summed E-state index contributed by atoms with van der Waals surface area (Å²) < 4.78 is 0. The van der Waals surface area contributed by atoms with Crippen molar-refractivity contribution in [1.29, 1.82) is 0 Å². The highest BCUT2D eigenvalue weighted by molar-refractivity contribution is 5.78. The van der Waals surface area contributed by atoms with Crippen LogP contribution in [0.3, 0.4) is 0 Å². The number of aromatic hydroxyl groups is 1. The van der Waals surface area contributed by atoms with E-state index >= 15 is 0 Å². The van der Waals surface area contributed by atoms with E-state index in [0.29, 0.717) is 17.7 Å². The molecule has 28 heavy (non-hydrogen) atoms. The number of amides is 1. The van der Waals surface area contributed by atoms with Crippen LogP contribution in [0.25, 0.3) is 0 Å². The van der Waals surface area contributed by atoms with Crippen molar-refractivity contribution in [1.82, 2.24) is 10.2 Å². The maximum atomic E-state index is 12.6. The number of benzene rings is 1. The van der Waals surface area contributed by atoms with E-state index in [4.69, 9.17) is 0 Å². The normalized spacial score (nSPS) is 34.6. The first kappa shape index (κ1) is 18.3. The lowest BCUT2D eigenvalue weighted by Crippen LogP contribution is -2.53. The zero-order chi connectivity index (χ0) is 19.1. The third-order valence-electron chi connectivity index (χ3n) is 7.79. The Morgan fingerprint density at radius 1 is 1.00 bits per heavy atom. The first-order valence-corrected chi connectivity index (χ1v) is 11.1. The number of rotatable bonds is 5. The second-order valence-corrected chi connectivity index (χ2v) is 9.95. The Balaban J connectivity index is 1.09. The number of para-hydroxylation sites is 2. The van der Waals surface area contributed by atoms with Crippen LogP contribution in [0.1, 0.15) is 38.5 Å². The van der Waals surface area contributed by atoms with Crippen LogP contribution in [-0.2, 0) is 4.79 Å². The molecule has 4 bridgehead atoms. The van der Waals surface area contributed by atoms with Crippen molar-refractivity contribution in [2.24, 2.45) is 23.2 Å². The van der Waals surface area contributed by atoms with Crippen molar-refractivity contribution >= 4 is 11.6 Å². The molecule has 1 aromatic carbocycles. The van der Waals surface area contributed by atoms with E-state index in [2.05, 4.69) is 15.1 Å². The van der Waals surface area contributed by atoms with Crippen molar-refractivity contribution in [3.8, 4) is 5.75 Å². The van der Waals surface area contributed by atoms with E-state index in [1.807, 2.05) is 18.2 Å². The second kappa shape index (κ2) is 7.25. The fourth-order valence-corrected chi connectivity index (χ4v) is 6.93. The minimum absolute atomic E-state index is 0.187. The molecule has 6 rings (SSSR count). The summed E-state index contributed by atoms with van der Waals surface area (Å²) in [5.74, 6) is 3.33. The van der Waals surface area contributed by atoms with Gasteiger partial charge in [-0.25, -0.2) is 0 Å². The molecule has 1 heterocycles. The summed E-state index contributed by atoms with van der Waals surface area (Å²) in [4.78, 5) is 17.1. The fraction of sp³-hybridized carbons (Fsp3) is 0.696. The second-order valence-electron chi connectivity index (χ2n) is 9.95. The number of carbonyl (C=O) groups is 1. The Bertz CT molecular complexity index is 691. The maximum Gasteiger partial charge on any atom is 0.234 e. The number of hydrogen-bond donors (Lipinski definition) is 2. The smallest absolute Gasteiger partial charge is 0.234 e. The average Bonchev–Trinajstić information content (AvgIpc) is 2.67. The first-order chi connectivity index (χ1) is 13.6. The van der Waals surface area contributed by atoms with E-state index < -0.39 is 0 Å². The number of phenols is 1. The number of nitrogens with zero attached hydrogens (tertiary/aromatic N) is 2. The van der Waals surface area contributed by atoms with Gasteiger partial charge in [-0.3, -0.25) is 9.69 Å². The van der Waals surface area contributed by atoms with Crippen molar-refractivity contribution in [3.05, 3.63) is 24.3 Å². The molecule has 1 aromatic rings. The number of hydrogen-bond acceptors (Lipinski definition) is 4. The topological polar surface area (TPSA) is 55.8 Å². The van der Waals surface area contributed by atoms with Crippen LogP contribution in [0.2, 0.25) is 0 Å².